The highest BCUT2D eigenvalue weighted by Crippen LogP contribution is 2.31. The summed E-state index contributed by atoms with van der Waals surface area (Å²) in [7, 11) is 0. The zero-order valence-corrected chi connectivity index (χ0v) is 9.42. The molecule has 0 spiro atoms. The summed E-state index contributed by atoms with van der Waals surface area (Å²) in [5.74, 6) is -12.1. The van der Waals surface area contributed by atoms with Gasteiger partial charge in [0.25, 0.3) is 0 Å². The molecule has 8 heteroatoms. The molecule has 0 bridgehead atoms. The van der Waals surface area contributed by atoms with Gasteiger partial charge in [0.1, 0.15) is 5.69 Å². The second kappa shape index (κ2) is 4.87. The first-order valence-corrected chi connectivity index (χ1v) is 5.05. The average molecular weight is 289 g/mol. The average Bonchev–Trinajstić information content (AvgIpc) is 2.43. The van der Waals surface area contributed by atoms with Gasteiger partial charge in [0.15, 0.2) is 23.3 Å². The number of rotatable bonds is 2. The number of carboxylic acid groups (broad SMARTS) is 1. The van der Waals surface area contributed by atoms with Gasteiger partial charge in [-0.2, -0.15) is 0 Å². The van der Waals surface area contributed by atoms with Gasteiger partial charge in [0.05, 0.1) is 5.56 Å². The predicted molar refractivity (Wildman–Crippen MR) is 56.4 cm³/mol. The van der Waals surface area contributed by atoms with E-state index in [0.717, 1.165) is 12.3 Å². The lowest BCUT2D eigenvalue weighted by Gasteiger charge is -2.08. The normalized spacial score (nSPS) is 10.7. The molecule has 0 saturated carbocycles. The first-order chi connectivity index (χ1) is 9.34. The molecule has 2 aromatic rings. The molecular formula is C12H4F5NO2. The van der Waals surface area contributed by atoms with Crippen LogP contribution in [0.2, 0.25) is 0 Å². The second-order valence-corrected chi connectivity index (χ2v) is 3.68. The number of pyridine rings is 1. The molecule has 0 aliphatic heterocycles. The van der Waals surface area contributed by atoms with Crippen LogP contribution in [0.4, 0.5) is 22.0 Å². The fourth-order valence-electron chi connectivity index (χ4n) is 1.56. The topological polar surface area (TPSA) is 50.2 Å². The standard InChI is InChI=1S/C12H4F5NO2/c13-7-6(8(14)10(16)11(17)9(7)15)4-1-2-18-5(3-4)12(19)20/h1-3H,(H,19,20). The smallest absolute Gasteiger partial charge is 0.354 e. The van der Waals surface area contributed by atoms with E-state index in [2.05, 4.69) is 4.98 Å². The molecule has 1 aromatic heterocycles. The van der Waals surface area contributed by atoms with Crippen molar-refractivity contribution in [3.8, 4) is 11.1 Å². The van der Waals surface area contributed by atoms with E-state index < -0.39 is 51.9 Å². The monoisotopic (exact) mass is 289 g/mol. The minimum absolute atomic E-state index is 0.481. The van der Waals surface area contributed by atoms with Crippen molar-refractivity contribution in [1.82, 2.24) is 4.98 Å². The Morgan fingerprint density at radius 3 is 1.95 bits per heavy atom. The van der Waals surface area contributed by atoms with E-state index in [-0.39, 0.29) is 0 Å². The molecule has 1 N–H and O–H groups in total. The van der Waals surface area contributed by atoms with Crippen LogP contribution in [0.3, 0.4) is 0 Å². The van der Waals surface area contributed by atoms with E-state index >= 15 is 0 Å². The molecule has 0 unspecified atom stereocenters. The van der Waals surface area contributed by atoms with Crippen LogP contribution in [0.25, 0.3) is 11.1 Å². The summed E-state index contributed by atoms with van der Waals surface area (Å²) in [5.41, 5.74) is -2.28. The summed E-state index contributed by atoms with van der Waals surface area (Å²) in [5, 5.41) is 8.69. The number of aromatic carboxylic acids is 1. The number of hydrogen-bond acceptors (Lipinski definition) is 2. The molecule has 0 atom stereocenters. The second-order valence-electron chi connectivity index (χ2n) is 3.68. The number of carbonyl (C=O) groups is 1. The Bertz CT molecular complexity index is 688. The molecule has 1 aromatic carbocycles. The van der Waals surface area contributed by atoms with Crippen LogP contribution < -0.4 is 0 Å². The third kappa shape index (κ3) is 2.09. The molecule has 0 saturated heterocycles. The van der Waals surface area contributed by atoms with Gasteiger partial charge in [-0.15, -0.1) is 0 Å². The van der Waals surface area contributed by atoms with Gasteiger partial charge in [0.2, 0.25) is 5.82 Å². The highest BCUT2D eigenvalue weighted by molar-refractivity contribution is 5.87. The molecule has 3 nitrogen and oxygen atoms in total. The molecule has 20 heavy (non-hydrogen) atoms. The van der Waals surface area contributed by atoms with E-state index in [0.29, 0.717) is 6.07 Å². The Morgan fingerprint density at radius 1 is 0.950 bits per heavy atom. The summed E-state index contributed by atoms with van der Waals surface area (Å²) in [6.07, 6.45) is 0.886. The maximum absolute atomic E-state index is 13.5. The van der Waals surface area contributed by atoms with E-state index in [9.17, 15) is 26.7 Å². The summed E-state index contributed by atoms with van der Waals surface area (Å²) >= 11 is 0. The van der Waals surface area contributed by atoms with Crippen molar-refractivity contribution < 1.29 is 31.9 Å². The third-order valence-electron chi connectivity index (χ3n) is 2.48. The van der Waals surface area contributed by atoms with Crippen molar-refractivity contribution >= 4 is 5.97 Å². The summed E-state index contributed by atoms with van der Waals surface area (Å²) < 4.78 is 66.1. The molecule has 0 radical (unpaired) electrons. The van der Waals surface area contributed by atoms with Crippen molar-refractivity contribution in [3.05, 3.63) is 53.1 Å². The lowest BCUT2D eigenvalue weighted by Crippen LogP contribution is -2.05. The Balaban J connectivity index is 2.76. The lowest BCUT2D eigenvalue weighted by molar-refractivity contribution is 0.0690. The quantitative estimate of drug-likeness (QED) is 0.525. The number of benzene rings is 1. The van der Waals surface area contributed by atoms with Crippen LogP contribution in [-0.4, -0.2) is 16.1 Å². The third-order valence-corrected chi connectivity index (χ3v) is 2.48. The van der Waals surface area contributed by atoms with Crippen molar-refractivity contribution in [2.45, 2.75) is 0 Å². The Labute approximate surface area is 108 Å². The van der Waals surface area contributed by atoms with Crippen molar-refractivity contribution in [1.29, 1.82) is 0 Å². The van der Waals surface area contributed by atoms with E-state index in [1.807, 2.05) is 0 Å². The van der Waals surface area contributed by atoms with Crippen LogP contribution in [0, 0.1) is 29.1 Å². The Hall–Kier alpha value is -2.51. The van der Waals surface area contributed by atoms with Crippen LogP contribution in [0.1, 0.15) is 10.5 Å². The minimum atomic E-state index is -2.28. The highest BCUT2D eigenvalue weighted by atomic mass is 19.2. The van der Waals surface area contributed by atoms with Crippen molar-refractivity contribution in [3.63, 3.8) is 0 Å². The first-order valence-electron chi connectivity index (χ1n) is 5.05. The van der Waals surface area contributed by atoms with Gasteiger partial charge in [-0.1, -0.05) is 0 Å². The maximum Gasteiger partial charge on any atom is 0.354 e. The van der Waals surface area contributed by atoms with E-state index in [1.165, 1.54) is 0 Å². The molecule has 2 rings (SSSR count). The van der Waals surface area contributed by atoms with Crippen molar-refractivity contribution in [2.75, 3.05) is 0 Å². The van der Waals surface area contributed by atoms with Gasteiger partial charge in [0, 0.05) is 6.20 Å². The molecule has 0 aliphatic carbocycles. The maximum atomic E-state index is 13.5. The SMILES string of the molecule is O=C(O)c1cc(-c2c(F)c(F)c(F)c(F)c2F)ccn1. The molecule has 0 aliphatic rings. The predicted octanol–water partition coefficient (Wildman–Crippen LogP) is 3.14. The molecular weight excluding hydrogens is 285 g/mol. The Kier molecular flexibility index (Phi) is 3.39. The van der Waals surface area contributed by atoms with Gasteiger partial charge < -0.3 is 5.11 Å². The van der Waals surface area contributed by atoms with Crippen LogP contribution in [0.5, 0.6) is 0 Å². The first kappa shape index (κ1) is 13.9. The molecule has 104 valence electrons. The highest BCUT2D eigenvalue weighted by Gasteiger charge is 2.26. The fraction of sp³-hybridized carbons (Fsp3) is 0. The zero-order chi connectivity index (χ0) is 15.0. The van der Waals surface area contributed by atoms with Crippen LogP contribution >= 0.6 is 0 Å². The number of nitrogens with zero attached hydrogens (tertiary/aromatic N) is 1. The van der Waals surface area contributed by atoms with Gasteiger partial charge in [-0.3, -0.25) is 0 Å². The van der Waals surface area contributed by atoms with E-state index in [4.69, 9.17) is 5.11 Å². The zero-order valence-electron chi connectivity index (χ0n) is 9.42. The summed E-state index contributed by atoms with van der Waals surface area (Å²) in [6, 6.07) is 1.64. The van der Waals surface area contributed by atoms with Gasteiger partial charge >= 0.3 is 5.97 Å². The summed E-state index contributed by atoms with van der Waals surface area (Å²) in [6.45, 7) is 0. The minimum Gasteiger partial charge on any atom is -0.477 e. The number of aromatic nitrogens is 1. The van der Waals surface area contributed by atoms with Crippen molar-refractivity contribution in [2.24, 2.45) is 0 Å². The molecule has 0 amide bonds. The number of hydrogen-bond donors (Lipinski definition) is 1. The molecule has 0 fully saturated rings. The van der Waals surface area contributed by atoms with Gasteiger partial charge in [-0.25, -0.2) is 31.7 Å². The van der Waals surface area contributed by atoms with Crippen LogP contribution in [-0.2, 0) is 0 Å². The Morgan fingerprint density at radius 2 is 1.45 bits per heavy atom. The number of carboxylic acids is 1. The lowest BCUT2D eigenvalue weighted by atomic mass is 10.0. The van der Waals surface area contributed by atoms with Crippen LogP contribution in [0.15, 0.2) is 18.3 Å². The number of halogens is 5. The largest absolute Gasteiger partial charge is 0.477 e. The molecule has 1 heterocycles. The van der Waals surface area contributed by atoms with Gasteiger partial charge in [-0.05, 0) is 17.7 Å². The van der Waals surface area contributed by atoms with E-state index in [1.54, 1.807) is 0 Å². The summed E-state index contributed by atoms with van der Waals surface area (Å²) in [4.78, 5) is 14.1. The fourth-order valence-corrected chi connectivity index (χ4v) is 1.56.